The number of anilines is 1. The molecule has 6 heteroatoms. The van der Waals surface area contributed by atoms with Gasteiger partial charge < -0.3 is 16.2 Å². The molecule has 1 aliphatic rings. The first-order chi connectivity index (χ1) is 9.49. The zero-order chi connectivity index (χ0) is 14.7. The minimum atomic E-state index is -0.946. The van der Waals surface area contributed by atoms with E-state index < -0.39 is 23.6 Å². The predicted molar refractivity (Wildman–Crippen MR) is 71.1 cm³/mol. The predicted octanol–water partition coefficient (Wildman–Crippen LogP) is 1.83. The van der Waals surface area contributed by atoms with E-state index in [4.69, 9.17) is 5.73 Å². The Balaban J connectivity index is 2.00. The van der Waals surface area contributed by atoms with Crippen molar-refractivity contribution in [2.24, 2.45) is 5.92 Å². The number of carbonyl (C=O) groups excluding carboxylic acids is 1. The topological polar surface area (TPSA) is 75.4 Å². The average molecular weight is 284 g/mol. The molecule has 1 aliphatic carbocycles. The molecule has 0 saturated heterocycles. The summed E-state index contributed by atoms with van der Waals surface area (Å²) >= 11 is 0. The lowest BCUT2D eigenvalue weighted by atomic mass is 9.86. The first kappa shape index (κ1) is 14.7. The van der Waals surface area contributed by atoms with Gasteiger partial charge in [-0.25, -0.2) is 8.78 Å². The molecule has 0 bridgehead atoms. The van der Waals surface area contributed by atoms with E-state index in [1.165, 1.54) is 0 Å². The molecule has 20 heavy (non-hydrogen) atoms. The van der Waals surface area contributed by atoms with Crippen molar-refractivity contribution in [1.29, 1.82) is 0 Å². The number of nitrogen functional groups attached to an aromatic ring is 1. The molecule has 2 rings (SSSR count). The molecule has 0 spiro atoms. The van der Waals surface area contributed by atoms with Crippen molar-refractivity contribution in [1.82, 2.24) is 5.32 Å². The SMILES string of the molecule is Nc1cc(C(=O)NCC2CCCCC2O)c(F)cc1F. The van der Waals surface area contributed by atoms with Crippen molar-refractivity contribution in [3.05, 3.63) is 29.3 Å². The summed E-state index contributed by atoms with van der Waals surface area (Å²) in [4.78, 5) is 11.9. The first-order valence-corrected chi connectivity index (χ1v) is 6.70. The fraction of sp³-hybridized carbons (Fsp3) is 0.500. The van der Waals surface area contributed by atoms with Gasteiger partial charge in [-0.1, -0.05) is 12.8 Å². The van der Waals surface area contributed by atoms with Crippen LogP contribution in [0.2, 0.25) is 0 Å². The fourth-order valence-corrected chi connectivity index (χ4v) is 2.48. The van der Waals surface area contributed by atoms with Crippen molar-refractivity contribution in [3.63, 3.8) is 0 Å². The molecular formula is C14H18F2N2O2. The van der Waals surface area contributed by atoms with Crippen LogP contribution >= 0.6 is 0 Å². The number of rotatable bonds is 3. The molecule has 1 aromatic carbocycles. The lowest BCUT2D eigenvalue weighted by Crippen LogP contribution is -2.37. The third-order valence-electron chi connectivity index (χ3n) is 3.72. The Labute approximate surface area is 116 Å². The Morgan fingerprint density at radius 2 is 2.00 bits per heavy atom. The molecule has 0 heterocycles. The van der Waals surface area contributed by atoms with Crippen LogP contribution in [-0.2, 0) is 0 Å². The monoisotopic (exact) mass is 284 g/mol. The molecule has 4 N–H and O–H groups in total. The lowest BCUT2D eigenvalue weighted by Gasteiger charge is -2.27. The summed E-state index contributed by atoms with van der Waals surface area (Å²) in [6, 6.07) is 1.58. The van der Waals surface area contributed by atoms with Crippen molar-refractivity contribution in [3.8, 4) is 0 Å². The zero-order valence-electron chi connectivity index (χ0n) is 11.0. The molecule has 1 saturated carbocycles. The van der Waals surface area contributed by atoms with E-state index in [9.17, 15) is 18.7 Å². The Morgan fingerprint density at radius 1 is 1.30 bits per heavy atom. The second-order valence-corrected chi connectivity index (χ2v) is 5.18. The standard InChI is InChI=1S/C14H18F2N2O2/c15-10-6-11(16)12(17)5-9(10)14(20)18-7-8-3-1-2-4-13(8)19/h5-6,8,13,19H,1-4,7,17H2,(H,18,20). The molecule has 1 aromatic rings. The van der Waals surface area contributed by atoms with Gasteiger partial charge >= 0.3 is 0 Å². The lowest BCUT2D eigenvalue weighted by molar-refractivity contribution is 0.0662. The molecule has 1 fully saturated rings. The number of carbonyl (C=O) groups is 1. The Kier molecular flexibility index (Phi) is 4.54. The van der Waals surface area contributed by atoms with E-state index in [-0.39, 0.29) is 23.7 Å². The van der Waals surface area contributed by atoms with Gasteiger partial charge in [0.2, 0.25) is 0 Å². The fourth-order valence-electron chi connectivity index (χ4n) is 2.48. The number of benzene rings is 1. The maximum atomic E-state index is 13.5. The third-order valence-corrected chi connectivity index (χ3v) is 3.72. The summed E-state index contributed by atoms with van der Waals surface area (Å²) in [5, 5.41) is 12.4. The molecule has 0 aromatic heterocycles. The molecular weight excluding hydrogens is 266 g/mol. The molecule has 110 valence electrons. The number of halogens is 2. The van der Waals surface area contributed by atoms with Crippen LogP contribution in [0.1, 0.15) is 36.0 Å². The van der Waals surface area contributed by atoms with Gasteiger partial charge in [0.05, 0.1) is 17.4 Å². The van der Waals surface area contributed by atoms with Gasteiger partial charge in [0.15, 0.2) is 0 Å². The molecule has 0 aliphatic heterocycles. The van der Waals surface area contributed by atoms with Gasteiger partial charge in [0.25, 0.3) is 5.91 Å². The van der Waals surface area contributed by atoms with E-state index in [1.807, 2.05) is 0 Å². The second-order valence-electron chi connectivity index (χ2n) is 5.18. The van der Waals surface area contributed by atoms with Crippen molar-refractivity contribution in [2.45, 2.75) is 31.8 Å². The number of hydrogen-bond donors (Lipinski definition) is 3. The summed E-state index contributed by atoms with van der Waals surface area (Å²) in [7, 11) is 0. The van der Waals surface area contributed by atoms with Crippen LogP contribution in [0.25, 0.3) is 0 Å². The number of aliphatic hydroxyl groups is 1. The van der Waals surface area contributed by atoms with Gasteiger partial charge in [0, 0.05) is 18.5 Å². The number of nitrogens with one attached hydrogen (secondary N) is 1. The number of nitrogens with two attached hydrogens (primary N) is 1. The van der Waals surface area contributed by atoms with Crippen LogP contribution in [0.3, 0.4) is 0 Å². The highest BCUT2D eigenvalue weighted by Crippen LogP contribution is 2.24. The van der Waals surface area contributed by atoms with Gasteiger partial charge in [0.1, 0.15) is 11.6 Å². The Morgan fingerprint density at radius 3 is 2.70 bits per heavy atom. The van der Waals surface area contributed by atoms with Crippen LogP contribution in [0.15, 0.2) is 12.1 Å². The molecule has 0 radical (unpaired) electrons. The minimum Gasteiger partial charge on any atom is -0.396 e. The highest BCUT2D eigenvalue weighted by atomic mass is 19.1. The molecule has 2 atom stereocenters. The van der Waals surface area contributed by atoms with Crippen LogP contribution in [0, 0.1) is 17.6 Å². The van der Waals surface area contributed by atoms with Crippen molar-refractivity contribution in [2.75, 3.05) is 12.3 Å². The maximum absolute atomic E-state index is 13.5. The summed E-state index contributed by atoms with van der Waals surface area (Å²) < 4.78 is 26.5. The normalized spacial score (nSPS) is 22.6. The van der Waals surface area contributed by atoms with Gasteiger partial charge in [-0.05, 0) is 18.9 Å². The zero-order valence-corrected chi connectivity index (χ0v) is 11.0. The largest absolute Gasteiger partial charge is 0.396 e. The average Bonchev–Trinajstić information content (AvgIpc) is 2.41. The molecule has 4 nitrogen and oxygen atoms in total. The number of amides is 1. The van der Waals surface area contributed by atoms with Crippen LogP contribution < -0.4 is 11.1 Å². The van der Waals surface area contributed by atoms with E-state index in [0.717, 1.165) is 31.7 Å². The van der Waals surface area contributed by atoms with Crippen LogP contribution in [-0.4, -0.2) is 23.7 Å². The Hall–Kier alpha value is -1.69. The van der Waals surface area contributed by atoms with E-state index >= 15 is 0 Å². The number of hydrogen-bond acceptors (Lipinski definition) is 3. The van der Waals surface area contributed by atoms with Gasteiger partial charge in [-0.3, -0.25) is 4.79 Å². The molecule has 1 amide bonds. The quantitative estimate of drug-likeness (QED) is 0.741. The van der Waals surface area contributed by atoms with Crippen molar-refractivity contribution >= 4 is 11.6 Å². The van der Waals surface area contributed by atoms with Gasteiger partial charge in [-0.2, -0.15) is 0 Å². The second kappa shape index (κ2) is 6.17. The van der Waals surface area contributed by atoms with Crippen LogP contribution in [0.4, 0.5) is 14.5 Å². The number of aliphatic hydroxyl groups excluding tert-OH is 1. The highest BCUT2D eigenvalue weighted by Gasteiger charge is 2.24. The summed E-state index contributed by atoms with van der Waals surface area (Å²) in [6.07, 6.45) is 3.10. The van der Waals surface area contributed by atoms with Crippen molar-refractivity contribution < 1.29 is 18.7 Å². The highest BCUT2D eigenvalue weighted by molar-refractivity contribution is 5.95. The summed E-state index contributed by atoms with van der Waals surface area (Å²) in [5.41, 5.74) is 4.77. The van der Waals surface area contributed by atoms with Gasteiger partial charge in [-0.15, -0.1) is 0 Å². The maximum Gasteiger partial charge on any atom is 0.254 e. The molecule has 2 unspecified atom stereocenters. The smallest absolute Gasteiger partial charge is 0.254 e. The minimum absolute atomic E-state index is 0.0199. The Bertz CT molecular complexity index is 508. The van der Waals surface area contributed by atoms with Crippen LogP contribution in [0.5, 0.6) is 0 Å². The first-order valence-electron chi connectivity index (χ1n) is 6.70. The summed E-state index contributed by atoms with van der Waals surface area (Å²) in [5.74, 6) is -2.50. The van der Waals surface area contributed by atoms with E-state index in [0.29, 0.717) is 6.07 Å². The van der Waals surface area contributed by atoms with E-state index in [1.54, 1.807) is 0 Å². The van der Waals surface area contributed by atoms with E-state index in [2.05, 4.69) is 5.32 Å². The summed E-state index contributed by atoms with van der Waals surface area (Å²) in [6.45, 7) is 0.275. The third kappa shape index (κ3) is 3.25.